The number of hydrogen-bond acceptors (Lipinski definition) is 3. The molecule has 27 heavy (non-hydrogen) atoms. The van der Waals surface area contributed by atoms with Crippen LogP contribution in [0.1, 0.15) is 42.4 Å². The predicted octanol–water partition coefficient (Wildman–Crippen LogP) is 3.41. The van der Waals surface area contributed by atoms with E-state index in [0.717, 1.165) is 34.9 Å². The minimum absolute atomic E-state index is 0.0322. The third-order valence-corrected chi connectivity index (χ3v) is 5.72. The van der Waals surface area contributed by atoms with Crippen LogP contribution in [0.3, 0.4) is 0 Å². The maximum atomic E-state index is 12.7. The summed E-state index contributed by atoms with van der Waals surface area (Å²) in [6.07, 6.45) is 4.67. The van der Waals surface area contributed by atoms with E-state index in [4.69, 9.17) is 17.0 Å². The molecule has 0 bridgehead atoms. The van der Waals surface area contributed by atoms with E-state index in [9.17, 15) is 4.79 Å². The van der Waals surface area contributed by atoms with Gasteiger partial charge < -0.3 is 19.9 Å². The summed E-state index contributed by atoms with van der Waals surface area (Å²) in [7, 11) is 1.68. The molecule has 1 fully saturated rings. The molecule has 146 valence electrons. The number of pyridine rings is 1. The van der Waals surface area contributed by atoms with Crippen LogP contribution in [0, 0.1) is 13.8 Å². The molecule has 3 rings (SSSR count). The number of methoxy groups -OCH3 is 1. The van der Waals surface area contributed by atoms with E-state index in [-0.39, 0.29) is 5.56 Å². The van der Waals surface area contributed by atoms with Crippen molar-refractivity contribution in [3.05, 3.63) is 45.2 Å². The standard InChI is InChI=1S/C21H29N3O2S/c1-14-10-15(2)18-12-16(20(25)23-19(18)11-14)13-24(17-6-4-5-7-17)21(27)22-8-9-26-3/h10-12,17H,4-9,13H2,1-3H3,(H,22,27)(H,23,25). The van der Waals surface area contributed by atoms with Crippen LogP contribution in [0.2, 0.25) is 0 Å². The Labute approximate surface area is 166 Å². The third-order valence-electron chi connectivity index (χ3n) is 5.34. The molecule has 0 unspecified atom stereocenters. The Hall–Kier alpha value is -1.92. The molecule has 0 amide bonds. The molecule has 6 heteroatoms. The first-order valence-corrected chi connectivity index (χ1v) is 10.1. The van der Waals surface area contributed by atoms with Gasteiger partial charge in [0.2, 0.25) is 0 Å². The fourth-order valence-corrected chi connectivity index (χ4v) is 4.28. The number of H-pyrrole nitrogens is 1. The van der Waals surface area contributed by atoms with Gasteiger partial charge in [-0.2, -0.15) is 0 Å². The highest BCUT2D eigenvalue weighted by Gasteiger charge is 2.25. The van der Waals surface area contributed by atoms with Crippen LogP contribution in [0.4, 0.5) is 0 Å². The zero-order valence-electron chi connectivity index (χ0n) is 16.4. The molecule has 1 aliphatic carbocycles. The molecule has 1 heterocycles. The van der Waals surface area contributed by atoms with E-state index in [1.807, 2.05) is 19.1 Å². The Balaban J connectivity index is 1.89. The fraction of sp³-hybridized carbons (Fsp3) is 0.524. The second kappa shape index (κ2) is 8.85. The third kappa shape index (κ3) is 4.68. The van der Waals surface area contributed by atoms with Gasteiger partial charge in [0, 0.05) is 36.2 Å². The van der Waals surface area contributed by atoms with Gasteiger partial charge in [0.05, 0.1) is 13.2 Å². The molecular weight excluding hydrogens is 358 g/mol. The number of thiocarbonyl (C=S) groups is 1. The SMILES string of the molecule is COCCNC(=S)N(Cc1cc2c(C)cc(C)cc2[nH]c1=O)C1CCCC1. The van der Waals surface area contributed by atoms with Crippen LogP contribution in [-0.4, -0.2) is 41.3 Å². The molecule has 1 saturated carbocycles. The van der Waals surface area contributed by atoms with E-state index in [0.29, 0.717) is 30.9 Å². The summed E-state index contributed by atoms with van der Waals surface area (Å²) in [5.41, 5.74) is 3.96. The Bertz CT molecular complexity index is 872. The number of aromatic amines is 1. The molecule has 1 aromatic heterocycles. The van der Waals surface area contributed by atoms with E-state index in [1.54, 1.807) is 7.11 Å². The lowest BCUT2D eigenvalue weighted by Crippen LogP contribution is -2.46. The average molecular weight is 388 g/mol. The zero-order valence-corrected chi connectivity index (χ0v) is 17.2. The topological polar surface area (TPSA) is 57.4 Å². The van der Waals surface area contributed by atoms with Crippen LogP contribution in [0.25, 0.3) is 10.9 Å². The Morgan fingerprint density at radius 3 is 2.74 bits per heavy atom. The van der Waals surface area contributed by atoms with Crippen LogP contribution >= 0.6 is 12.2 Å². The first-order chi connectivity index (χ1) is 13.0. The van der Waals surface area contributed by atoms with Gasteiger partial charge in [0.25, 0.3) is 5.56 Å². The smallest absolute Gasteiger partial charge is 0.253 e. The number of nitrogens with zero attached hydrogens (tertiary/aromatic N) is 1. The first kappa shape index (κ1) is 19.8. The number of aromatic nitrogens is 1. The summed E-state index contributed by atoms with van der Waals surface area (Å²) >= 11 is 5.65. The maximum Gasteiger partial charge on any atom is 0.253 e. The van der Waals surface area contributed by atoms with E-state index in [2.05, 4.69) is 28.2 Å². The van der Waals surface area contributed by atoms with E-state index < -0.39 is 0 Å². The summed E-state index contributed by atoms with van der Waals surface area (Å²) in [4.78, 5) is 18.0. The van der Waals surface area contributed by atoms with Crippen molar-refractivity contribution in [2.75, 3.05) is 20.3 Å². The fourth-order valence-electron chi connectivity index (χ4n) is 3.96. The van der Waals surface area contributed by atoms with Gasteiger partial charge in [-0.15, -0.1) is 0 Å². The predicted molar refractivity (Wildman–Crippen MR) is 114 cm³/mol. The summed E-state index contributed by atoms with van der Waals surface area (Å²) in [5.74, 6) is 0. The normalized spacial score (nSPS) is 14.6. The van der Waals surface area contributed by atoms with Crippen LogP contribution < -0.4 is 10.9 Å². The highest BCUT2D eigenvalue weighted by molar-refractivity contribution is 7.80. The molecule has 2 N–H and O–H groups in total. The second-order valence-corrected chi connectivity index (χ2v) is 7.84. The van der Waals surface area contributed by atoms with Crippen molar-refractivity contribution in [2.45, 2.75) is 52.1 Å². The summed E-state index contributed by atoms with van der Waals surface area (Å²) in [6, 6.07) is 6.60. The molecule has 1 aliphatic rings. The minimum atomic E-state index is -0.0322. The van der Waals surface area contributed by atoms with Gasteiger partial charge in [0.1, 0.15) is 0 Å². The van der Waals surface area contributed by atoms with Crippen LogP contribution in [0.15, 0.2) is 23.0 Å². The number of nitrogens with one attached hydrogen (secondary N) is 2. The number of benzene rings is 1. The largest absolute Gasteiger partial charge is 0.383 e. The van der Waals surface area contributed by atoms with Gasteiger partial charge in [-0.3, -0.25) is 4.79 Å². The van der Waals surface area contributed by atoms with Crippen LogP contribution in [0.5, 0.6) is 0 Å². The quantitative estimate of drug-likeness (QED) is 0.588. The number of hydrogen-bond donors (Lipinski definition) is 2. The first-order valence-electron chi connectivity index (χ1n) is 9.66. The number of aryl methyl sites for hydroxylation is 2. The molecular formula is C21H29N3O2S. The van der Waals surface area contributed by atoms with E-state index >= 15 is 0 Å². The van der Waals surface area contributed by atoms with Gasteiger partial charge in [-0.05, 0) is 62.2 Å². The Morgan fingerprint density at radius 2 is 2.04 bits per heavy atom. The molecule has 0 spiro atoms. The van der Waals surface area contributed by atoms with Gasteiger partial charge in [-0.25, -0.2) is 0 Å². The molecule has 0 saturated heterocycles. The lowest BCUT2D eigenvalue weighted by Gasteiger charge is -2.31. The molecule has 0 atom stereocenters. The van der Waals surface area contributed by atoms with Gasteiger partial charge in [-0.1, -0.05) is 18.9 Å². The lowest BCUT2D eigenvalue weighted by molar-refractivity contribution is 0.201. The molecule has 0 radical (unpaired) electrons. The Morgan fingerprint density at radius 1 is 1.30 bits per heavy atom. The monoisotopic (exact) mass is 387 g/mol. The second-order valence-electron chi connectivity index (χ2n) is 7.46. The summed E-state index contributed by atoms with van der Waals surface area (Å²) in [6.45, 7) is 5.94. The molecule has 1 aromatic carbocycles. The number of rotatable bonds is 6. The Kier molecular flexibility index (Phi) is 6.50. The number of ether oxygens (including phenoxy) is 1. The highest BCUT2D eigenvalue weighted by atomic mass is 32.1. The van der Waals surface area contributed by atoms with Crippen molar-refractivity contribution in [3.63, 3.8) is 0 Å². The maximum absolute atomic E-state index is 12.7. The van der Waals surface area contributed by atoms with Crippen molar-refractivity contribution in [1.29, 1.82) is 0 Å². The summed E-state index contributed by atoms with van der Waals surface area (Å²) < 4.78 is 5.11. The van der Waals surface area contributed by atoms with Crippen molar-refractivity contribution in [1.82, 2.24) is 15.2 Å². The van der Waals surface area contributed by atoms with Crippen LogP contribution in [-0.2, 0) is 11.3 Å². The molecule has 2 aromatic rings. The minimum Gasteiger partial charge on any atom is -0.383 e. The van der Waals surface area contributed by atoms with Crippen molar-refractivity contribution in [3.8, 4) is 0 Å². The van der Waals surface area contributed by atoms with Gasteiger partial charge >= 0.3 is 0 Å². The van der Waals surface area contributed by atoms with Crippen molar-refractivity contribution < 1.29 is 4.74 Å². The average Bonchev–Trinajstić information content (AvgIpc) is 3.14. The van der Waals surface area contributed by atoms with Gasteiger partial charge in [0.15, 0.2) is 5.11 Å². The van der Waals surface area contributed by atoms with Crippen molar-refractivity contribution >= 4 is 28.2 Å². The highest BCUT2D eigenvalue weighted by Crippen LogP contribution is 2.25. The summed E-state index contributed by atoms with van der Waals surface area (Å²) in [5, 5.41) is 5.08. The van der Waals surface area contributed by atoms with Crippen molar-refractivity contribution in [2.24, 2.45) is 0 Å². The molecule has 0 aliphatic heterocycles. The lowest BCUT2D eigenvalue weighted by atomic mass is 10.0. The van der Waals surface area contributed by atoms with E-state index in [1.165, 1.54) is 18.4 Å². The zero-order chi connectivity index (χ0) is 19.4. The molecule has 5 nitrogen and oxygen atoms in total. The number of fused-ring (bicyclic) bond motifs is 1.